The van der Waals surface area contributed by atoms with Gasteiger partial charge in [0.15, 0.2) is 0 Å². The van der Waals surface area contributed by atoms with E-state index in [4.69, 9.17) is 8.83 Å². The molecule has 0 aliphatic rings. The molecule has 0 unspecified atom stereocenters. The number of hydrogen-bond donors (Lipinski definition) is 4. The summed E-state index contributed by atoms with van der Waals surface area (Å²) in [4.78, 5) is 24.8. The van der Waals surface area contributed by atoms with Crippen molar-refractivity contribution < 1.29 is 29.3 Å². The number of phenols is 2. The van der Waals surface area contributed by atoms with Crippen molar-refractivity contribution in [3.8, 4) is 23.0 Å². The van der Waals surface area contributed by atoms with Gasteiger partial charge in [0.25, 0.3) is 0 Å². The minimum atomic E-state index is -0.915. The molecule has 0 amide bonds. The van der Waals surface area contributed by atoms with Crippen molar-refractivity contribution in [2.75, 3.05) is 0 Å². The molecule has 0 saturated carbocycles. The van der Waals surface area contributed by atoms with Crippen LogP contribution in [0.2, 0.25) is 0 Å². The van der Waals surface area contributed by atoms with E-state index < -0.39 is 29.2 Å². The van der Waals surface area contributed by atoms with Gasteiger partial charge < -0.3 is 29.3 Å². The Kier molecular flexibility index (Phi) is 4.00. The Morgan fingerprint density at radius 2 is 1.07 bits per heavy atom. The SMILES string of the molecule is Cc1cc(O)cc2oc(=O)c(Cc3c(O)c4c(C)cc(O)cc4oc3=O)c(O)c12. The lowest BCUT2D eigenvalue weighted by atomic mass is 10.00. The summed E-state index contributed by atoms with van der Waals surface area (Å²) in [6.45, 7) is 3.23. The van der Waals surface area contributed by atoms with E-state index >= 15 is 0 Å². The van der Waals surface area contributed by atoms with Crippen molar-refractivity contribution in [1.82, 2.24) is 0 Å². The molecule has 0 atom stereocenters. The number of fused-ring (bicyclic) bond motifs is 2. The van der Waals surface area contributed by atoms with Crippen LogP contribution in [0.3, 0.4) is 0 Å². The van der Waals surface area contributed by atoms with Crippen molar-refractivity contribution >= 4 is 21.9 Å². The predicted molar refractivity (Wildman–Crippen MR) is 104 cm³/mol. The third-order valence-electron chi connectivity index (χ3n) is 4.87. The summed E-state index contributed by atoms with van der Waals surface area (Å²) in [5.41, 5.74) is -1.38. The van der Waals surface area contributed by atoms with Crippen LogP contribution in [-0.4, -0.2) is 20.4 Å². The fraction of sp³-hybridized carbons (Fsp3) is 0.143. The zero-order valence-corrected chi connectivity index (χ0v) is 15.4. The Bertz CT molecular complexity index is 1320. The van der Waals surface area contributed by atoms with Gasteiger partial charge in [-0.05, 0) is 37.1 Å². The zero-order chi connectivity index (χ0) is 21.0. The van der Waals surface area contributed by atoms with Gasteiger partial charge in [-0.25, -0.2) is 9.59 Å². The van der Waals surface area contributed by atoms with Crippen LogP contribution < -0.4 is 11.3 Å². The average Bonchev–Trinajstić information content (AvgIpc) is 2.58. The highest BCUT2D eigenvalue weighted by molar-refractivity contribution is 5.90. The standard InChI is InChI=1S/C21H16O8/c1-8-3-10(22)5-14-16(8)18(24)12(20(26)28-14)7-13-19(25)17-9(2)4-11(23)6-15(17)29-21(13)27/h3-6,22-25H,7H2,1-2H3. The molecule has 2 heterocycles. The summed E-state index contributed by atoms with van der Waals surface area (Å²) in [7, 11) is 0. The first-order chi connectivity index (χ1) is 13.7. The molecule has 8 heteroatoms. The molecule has 4 aromatic rings. The van der Waals surface area contributed by atoms with Gasteiger partial charge in [0, 0.05) is 18.6 Å². The second-order valence-corrected chi connectivity index (χ2v) is 6.88. The van der Waals surface area contributed by atoms with E-state index in [-0.39, 0.29) is 44.6 Å². The third kappa shape index (κ3) is 2.85. The average molecular weight is 396 g/mol. The molecule has 4 N–H and O–H groups in total. The number of hydrogen-bond acceptors (Lipinski definition) is 8. The van der Waals surface area contributed by atoms with Crippen LogP contribution >= 0.6 is 0 Å². The summed E-state index contributed by atoms with van der Waals surface area (Å²) in [5.74, 6) is -1.07. The first-order valence-electron chi connectivity index (χ1n) is 8.64. The highest BCUT2D eigenvalue weighted by Crippen LogP contribution is 2.36. The molecule has 0 radical (unpaired) electrons. The summed E-state index contributed by atoms with van der Waals surface area (Å²) in [6, 6.07) is 5.18. The van der Waals surface area contributed by atoms with Gasteiger partial charge in [0.1, 0.15) is 34.2 Å². The van der Waals surface area contributed by atoms with Gasteiger partial charge in [-0.3, -0.25) is 0 Å². The second kappa shape index (κ2) is 6.30. The number of rotatable bonds is 2. The normalized spacial score (nSPS) is 11.4. The van der Waals surface area contributed by atoms with Crippen LogP contribution in [-0.2, 0) is 6.42 Å². The van der Waals surface area contributed by atoms with Crippen LogP contribution in [0.5, 0.6) is 23.0 Å². The Balaban J connectivity index is 1.97. The number of aryl methyl sites for hydroxylation is 2. The molecule has 0 aliphatic heterocycles. The molecule has 0 spiro atoms. The fourth-order valence-electron chi connectivity index (χ4n) is 3.55. The minimum Gasteiger partial charge on any atom is -0.508 e. The number of benzene rings is 2. The van der Waals surface area contributed by atoms with Crippen molar-refractivity contribution in [3.63, 3.8) is 0 Å². The van der Waals surface area contributed by atoms with E-state index in [2.05, 4.69) is 0 Å². The molecule has 0 bridgehead atoms. The Hall–Kier alpha value is -3.94. The highest BCUT2D eigenvalue weighted by Gasteiger charge is 2.22. The summed E-state index contributed by atoms with van der Waals surface area (Å²) in [6.07, 6.45) is -0.436. The van der Waals surface area contributed by atoms with Gasteiger partial charge in [0.05, 0.1) is 21.9 Å². The molecular weight excluding hydrogens is 380 g/mol. The molecule has 29 heavy (non-hydrogen) atoms. The quantitative estimate of drug-likeness (QED) is 0.379. The fourth-order valence-corrected chi connectivity index (χ4v) is 3.55. The molecule has 148 valence electrons. The molecule has 0 saturated heterocycles. The monoisotopic (exact) mass is 396 g/mol. The second-order valence-electron chi connectivity index (χ2n) is 6.88. The van der Waals surface area contributed by atoms with E-state index in [0.717, 1.165) is 0 Å². The largest absolute Gasteiger partial charge is 0.508 e. The molecule has 8 nitrogen and oxygen atoms in total. The van der Waals surface area contributed by atoms with Crippen molar-refractivity contribution in [2.45, 2.75) is 20.3 Å². The third-order valence-corrected chi connectivity index (χ3v) is 4.87. The number of phenolic OH excluding ortho intramolecular Hbond substituents is 2. The van der Waals surface area contributed by atoms with E-state index in [1.54, 1.807) is 13.8 Å². The summed E-state index contributed by atoms with van der Waals surface area (Å²) in [5, 5.41) is 41.1. The Morgan fingerprint density at radius 1 is 0.690 bits per heavy atom. The maximum atomic E-state index is 12.4. The molecule has 4 rings (SSSR count). The lowest BCUT2D eigenvalue weighted by Gasteiger charge is -2.11. The molecule has 0 fully saturated rings. The van der Waals surface area contributed by atoms with E-state index in [1.165, 1.54) is 24.3 Å². The van der Waals surface area contributed by atoms with Gasteiger partial charge in [-0.15, -0.1) is 0 Å². The van der Waals surface area contributed by atoms with Gasteiger partial charge >= 0.3 is 11.3 Å². The summed E-state index contributed by atoms with van der Waals surface area (Å²) >= 11 is 0. The van der Waals surface area contributed by atoms with Crippen LogP contribution in [0.4, 0.5) is 0 Å². The van der Waals surface area contributed by atoms with Crippen LogP contribution in [0, 0.1) is 13.8 Å². The maximum Gasteiger partial charge on any atom is 0.343 e. The molecule has 2 aromatic carbocycles. The summed E-state index contributed by atoms with van der Waals surface area (Å²) < 4.78 is 10.4. The van der Waals surface area contributed by atoms with Crippen molar-refractivity contribution in [1.29, 1.82) is 0 Å². The van der Waals surface area contributed by atoms with E-state index in [9.17, 15) is 30.0 Å². The van der Waals surface area contributed by atoms with Gasteiger partial charge in [-0.2, -0.15) is 0 Å². The zero-order valence-electron chi connectivity index (χ0n) is 15.4. The van der Waals surface area contributed by atoms with Gasteiger partial charge in [-0.1, -0.05) is 0 Å². The first-order valence-corrected chi connectivity index (χ1v) is 8.64. The highest BCUT2D eigenvalue weighted by atomic mass is 16.4. The minimum absolute atomic E-state index is 0.00478. The lowest BCUT2D eigenvalue weighted by Crippen LogP contribution is -2.15. The predicted octanol–water partition coefficient (Wildman–Crippen LogP) is 2.93. The lowest BCUT2D eigenvalue weighted by molar-refractivity contribution is 0.445. The van der Waals surface area contributed by atoms with Crippen LogP contribution in [0.25, 0.3) is 21.9 Å². The number of aromatic hydroxyl groups is 4. The van der Waals surface area contributed by atoms with Gasteiger partial charge in [0.2, 0.25) is 0 Å². The first kappa shape index (κ1) is 18.4. The van der Waals surface area contributed by atoms with Crippen molar-refractivity contribution in [3.05, 3.63) is 67.4 Å². The molecule has 2 aromatic heterocycles. The maximum absolute atomic E-state index is 12.4. The molecule has 0 aliphatic carbocycles. The van der Waals surface area contributed by atoms with Crippen LogP contribution in [0.1, 0.15) is 22.3 Å². The Labute approximate surface area is 162 Å². The topological polar surface area (TPSA) is 141 Å². The smallest absolute Gasteiger partial charge is 0.343 e. The van der Waals surface area contributed by atoms with E-state index in [1.807, 2.05) is 0 Å². The molecular formula is C21H16O8. The van der Waals surface area contributed by atoms with Crippen LogP contribution in [0.15, 0.2) is 42.7 Å². The van der Waals surface area contributed by atoms with E-state index in [0.29, 0.717) is 11.1 Å². The Morgan fingerprint density at radius 3 is 1.45 bits per heavy atom. The van der Waals surface area contributed by atoms with Crippen molar-refractivity contribution in [2.24, 2.45) is 0 Å².